The van der Waals surface area contributed by atoms with Crippen LogP contribution >= 0.6 is 15.9 Å². The largest absolute Gasteiger partial charge is 0.497 e. The number of hydrogen-bond acceptors (Lipinski definition) is 7. The quantitative estimate of drug-likeness (QED) is 0.278. The van der Waals surface area contributed by atoms with Crippen LogP contribution in [0.5, 0.6) is 11.5 Å². The number of imide groups is 2. The van der Waals surface area contributed by atoms with Crippen LogP contribution in [0.25, 0.3) is 6.08 Å². The molecule has 0 radical (unpaired) electrons. The first kappa shape index (κ1) is 24.2. The summed E-state index contributed by atoms with van der Waals surface area (Å²) < 4.78 is 36.4. The number of hydrogen-bond donors (Lipinski definition) is 1. The molecule has 1 heterocycles. The topological polar surface area (TPSA) is 119 Å². The molecule has 11 heteroatoms. The van der Waals surface area contributed by atoms with Crippen LogP contribution < -0.4 is 19.1 Å². The molecule has 1 aliphatic rings. The van der Waals surface area contributed by atoms with Crippen LogP contribution in [0.4, 0.5) is 10.5 Å². The number of halogens is 1. The van der Waals surface area contributed by atoms with Gasteiger partial charge < -0.3 is 8.92 Å². The number of nitrogens with one attached hydrogen (secondary N) is 1. The third-order valence-corrected chi connectivity index (χ3v) is 6.68. The minimum atomic E-state index is -4.19. The summed E-state index contributed by atoms with van der Waals surface area (Å²) in [5.41, 5.74) is -0.0500. The molecule has 0 aliphatic carbocycles. The van der Waals surface area contributed by atoms with E-state index in [1.165, 1.54) is 49.6 Å². The summed E-state index contributed by atoms with van der Waals surface area (Å²) in [7, 11) is -2.72. The molecule has 3 aromatic rings. The predicted molar refractivity (Wildman–Crippen MR) is 130 cm³/mol. The van der Waals surface area contributed by atoms with E-state index in [0.717, 1.165) is 4.90 Å². The van der Waals surface area contributed by atoms with Gasteiger partial charge in [-0.3, -0.25) is 14.9 Å². The Bertz CT molecular complexity index is 1450. The minimum absolute atomic E-state index is 0.0655. The lowest BCUT2D eigenvalue weighted by molar-refractivity contribution is -0.122. The zero-order chi connectivity index (χ0) is 25.2. The second-order valence-corrected chi connectivity index (χ2v) is 9.65. The maximum atomic E-state index is 13.2. The summed E-state index contributed by atoms with van der Waals surface area (Å²) in [4.78, 5) is 38.9. The van der Waals surface area contributed by atoms with Gasteiger partial charge in [0.25, 0.3) is 11.8 Å². The number of amides is 4. The Balaban J connectivity index is 1.73. The van der Waals surface area contributed by atoms with Crippen molar-refractivity contribution in [1.82, 2.24) is 5.32 Å². The van der Waals surface area contributed by atoms with E-state index >= 15 is 0 Å². The van der Waals surface area contributed by atoms with Crippen molar-refractivity contribution in [2.45, 2.75) is 4.90 Å². The van der Waals surface area contributed by atoms with Crippen molar-refractivity contribution in [2.24, 2.45) is 0 Å². The molecule has 0 spiro atoms. The van der Waals surface area contributed by atoms with Crippen LogP contribution in [0, 0.1) is 0 Å². The first-order chi connectivity index (χ1) is 16.7. The van der Waals surface area contributed by atoms with Crippen LogP contribution in [0.1, 0.15) is 5.56 Å². The maximum Gasteiger partial charge on any atom is 0.339 e. The number of benzene rings is 3. The van der Waals surface area contributed by atoms with Gasteiger partial charge in [0.15, 0.2) is 0 Å². The highest BCUT2D eigenvalue weighted by atomic mass is 79.9. The molecule has 4 amide bonds. The fraction of sp³-hybridized carbons (Fsp3) is 0.0417. The van der Waals surface area contributed by atoms with Gasteiger partial charge in [-0.25, -0.2) is 9.69 Å². The van der Waals surface area contributed by atoms with Gasteiger partial charge in [0.1, 0.15) is 22.0 Å². The van der Waals surface area contributed by atoms with E-state index in [-0.39, 0.29) is 27.5 Å². The SMILES string of the molecule is COc1ccc(N2C(=O)NC(=O)/C(=C\c3cc(Br)ccc3OS(=O)(=O)c3ccccc3)C2=O)cc1. The average molecular weight is 557 g/mol. The smallest absolute Gasteiger partial charge is 0.339 e. The molecule has 0 saturated carbocycles. The molecule has 4 rings (SSSR count). The first-order valence-corrected chi connectivity index (χ1v) is 12.2. The summed E-state index contributed by atoms with van der Waals surface area (Å²) in [6.45, 7) is 0. The van der Waals surface area contributed by atoms with Gasteiger partial charge in [0.05, 0.1) is 12.8 Å². The minimum Gasteiger partial charge on any atom is -0.497 e. The highest BCUT2D eigenvalue weighted by molar-refractivity contribution is 9.10. The van der Waals surface area contributed by atoms with Gasteiger partial charge in [-0.2, -0.15) is 8.42 Å². The summed E-state index contributed by atoms with van der Waals surface area (Å²) in [5.74, 6) is -1.42. The normalized spacial score (nSPS) is 15.2. The molecule has 35 heavy (non-hydrogen) atoms. The van der Waals surface area contributed by atoms with Crippen molar-refractivity contribution in [3.05, 3.63) is 88.4 Å². The summed E-state index contributed by atoms with van der Waals surface area (Å²) >= 11 is 3.29. The zero-order valence-corrected chi connectivity index (χ0v) is 20.5. The van der Waals surface area contributed by atoms with Crippen molar-refractivity contribution in [3.63, 3.8) is 0 Å². The van der Waals surface area contributed by atoms with Crippen molar-refractivity contribution in [3.8, 4) is 11.5 Å². The summed E-state index contributed by atoms with van der Waals surface area (Å²) in [5, 5.41) is 2.12. The average Bonchev–Trinajstić information content (AvgIpc) is 2.84. The van der Waals surface area contributed by atoms with E-state index in [9.17, 15) is 22.8 Å². The molecule has 9 nitrogen and oxygen atoms in total. The molecular formula is C24H17BrN2O7S. The highest BCUT2D eigenvalue weighted by Crippen LogP contribution is 2.30. The van der Waals surface area contributed by atoms with E-state index in [1.54, 1.807) is 36.4 Å². The van der Waals surface area contributed by atoms with Gasteiger partial charge in [0, 0.05) is 10.0 Å². The molecular weight excluding hydrogens is 540 g/mol. The molecule has 1 fully saturated rings. The van der Waals surface area contributed by atoms with E-state index in [1.807, 2.05) is 0 Å². The molecule has 1 saturated heterocycles. The van der Waals surface area contributed by atoms with Crippen LogP contribution in [-0.2, 0) is 19.7 Å². The molecule has 1 aliphatic heterocycles. The Labute approximate surface area is 209 Å². The lowest BCUT2D eigenvalue weighted by atomic mass is 10.1. The van der Waals surface area contributed by atoms with E-state index < -0.39 is 28.0 Å². The molecule has 0 aromatic heterocycles. The predicted octanol–water partition coefficient (Wildman–Crippen LogP) is 3.89. The van der Waals surface area contributed by atoms with Gasteiger partial charge in [0.2, 0.25) is 0 Å². The van der Waals surface area contributed by atoms with Crippen LogP contribution in [0.2, 0.25) is 0 Å². The van der Waals surface area contributed by atoms with Gasteiger partial charge in [-0.05, 0) is 60.7 Å². The maximum absolute atomic E-state index is 13.2. The Hall–Kier alpha value is -3.96. The molecule has 3 aromatic carbocycles. The first-order valence-electron chi connectivity index (χ1n) is 10.0. The number of methoxy groups -OCH3 is 1. The lowest BCUT2D eigenvalue weighted by Crippen LogP contribution is -2.54. The third-order valence-electron chi connectivity index (χ3n) is 4.94. The molecule has 178 valence electrons. The zero-order valence-electron chi connectivity index (χ0n) is 18.1. The molecule has 0 unspecified atom stereocenters. The fourth-order valence-corrected chi connectivity index (χ4v) is 4.59. The van der Waals surface area contributed by atoms with Crippen molar-refractivity contribution in [2.75, 3.05) is 12.0 Å². The Morgan fingerprint density at radius 3 is 2.29 bits per heavy atom. The molecule has 0 bridgehead atoms. The van der Waals surface area contributed by atoms with Crippen LogP contribution in [0.3, 0.4) is 0 Å². The molecule has 1 N–H and O–H groups in total. The second kappa shape index (κ2) is 9.72. The van der Waals surface area contributed by atoms with Gasteiger partial charge >= 0.3 is 16.1 Å². The number of barbiturate groups is 1. The third kappa shape index (κ3) is 5.10. The Kier molecular flexibility index (Phi) is 6.72. The van der Waals surface area contributed by atoms with Crippen molar-refractivity contribution < 1.29 is 31.7 Å². The number of rotatable bonds is 6. The summed E-state index contributed by atoms with van der Waals surface area (Å²) in [6, 6.07) is 17.1. The molecule has 0 atom stereocenters. The van der Waals surface area contributed by atoms with Crippen LogP contribution in [-0.4, -0.2) is 33.4 Å². The van der Waals surface area contributed by atoms with E-state index in [0.29, 0.717) is 10.2 Å². The lowest BCUT2D eigenvalue weighted by Gasteiger charge is -2.26. The van der Waals surface area contributed by atoms with Crippen molar-refractivity contribution >= 4 is 55.7 Å². The number of carbonyl (C=O) groups is 3. The number of nitrogens with zero attached hydrogens (tertiary/aromatic N) is 1. The monoisotopic (exact) mass is 556 g/mol. The second-order valence-electron chi connectivity index (χ2n) is 7.19. The number of carbonyl (C=O) groups excluding carboxylic acids is 3. The summed E-state index contributed by atoms with van der Waals surface area (Å²) in [6.07, 6.45) is 1.17. The Morgan fingerprint density at radius 2 is 1.63 bits per heavy atom. The van der Waals surface area contributed by atoms with Crippen molar-refractivity contribution in [1.29, 1.82) is 0 Å². The van der Waals surface area contributed by atoms with Gasteiger partial charge in [-0.1, -0.05) is 34.1 Å². The van der Waals surface area contributed by atoms with E-state index in [4.69, 9.17) is 8.92 Å². The van der Waals surface area contributed by atoms with Crippen LogP contribution in [0.15, 0.2) is 87.7 Å². The van der Waals surface area contributed by atoms with E-state index in [2.05, 4.69) is 21.2 Å². The Morgan fingerprint density at radius 1 is 0.943 bits per heavy atom. The fourth-order valence-electron chi connectivity index (χ4n) is 3.24. The highest BCUT2D eigenvalue weighted by Gasteiger charge is 2.37. The van der Waals surface area contributed by atoms with Gasteiger partial charge in [-0.15, -0.1) is 0 Å². The number of ether oxygens (including phenoxy) is 1. The number of urea groups is 1. The standard InChI is InChI=1S/C24H17BrN2O7S/c1-33-18-10-8-17(9-11-18)27-23(29)20(22(28)26-24(27)30)14-15-13-16(25)7-12-21(15)34-35(31,32)19-5-3-2-4-6-19/h2-14H,1H3,(H,26,28,30)/b20-14+. The number of anilines is 1.